The van der Waals surface area contributed by atoms with E-state index in [0.717, 1.165) is 54.7 Å². The highest BCUT2D eigenvalue weighted by Crippen LogP contribution is 2.53. The van der Waals surface area contributed by atoms with E-state index < -0.39 is 5.60 Å². The molecule has 1 spiro atoms. The van der Waals surface area contributed by atoms with Crippen LogP contribution in [-0.4, -0.2) is 44.4 Å². The molecule has 0 N–H and O–H groups in total. The van der Waals surface area contributed by atoms with Gasteiger partial charge in [-0.3, -0.25) is 9.47 Å². The van der Waals surface area contributed by atoms with E-state index in [1.165, 1.54) is 11.1 Å². The van der Waals surface area contributed by atoms with E-state index >= 15 is 0 Å². The average Bonchev–Trinajstić information content (AvgIpc) is 3.36. The monoisotopic (exact) mass is 523 g/mol. The third-order valence-electron chi connectivity index (χ3n) is 7.21. The lowest BCUT2D eigenvalue weighted by Gasteiger charge is -2.39. The van der Waals surface area contributed by atoms with Crippen LogP contribution in [0.1, 0.15) is 56.1 Å². The first-order valence-electron chi connectivity index (χ1n) is 12.4. The fourth-order valence-electron chi connectivity index (χ4n) is 5.51. The molecular weight excluding hydrogens is 494 g/mol. The molecule has 1 aromatic heterocycles. The first-order valence-corrected chi connectivity index (χ1v) is 13.8. The number of fused-ring (bicyclic) bond motifs is 5. The highest BCUT2D eigenvalue weighted by atomic mass is 35.5. The molecule has 1 fully saturated rings. The normalized spacial score (nSPS) is 18.4. The number of carbonyl (C=O) groups is 1. The van der Waals surface area contributed by atoms with Crippen LogP contribution in [0.3, 0.4) is 0 Å². The maximum absolute atomic E-state index is 13.0. The zero-order chi connectivity index (χ0) is 25.1. The Morgan fingerprint density at radius 3 is 2.61 bits per heavy atom. The van der Waals surface area contributed by atoms with E-state index in [-0.39, 0.29) is 10.8 Å². The van der Waals surface area contributed by atoms with Gasteiger partial charge in [0.25, 0.3) is 0 Å². The molecule has 3 aromatic rings. The van der Waals surface area contributed by atoms with Crippen LogP contribution in [0.15, 0.2) is 42.5 Å². The summed E-state index contributed by atoms with van der Waals surface area (Å²) in [4.78, 5) is 17.0. The summed E-state index contributed by atoms with van der Waals surface area (Å²) >= 11 is 8.46. The third kappa shape index (κ3) is 4.14. The highest BCUT2D eigenvalue weighted by Gasteiger charge is 2.43. The Hall–Kier alpha value is -2.71. The summed E-state index contributed by atoms with van der Waals surface area (Å²) < 4.78 is 7.97. The molecule has 0 saturated carbocycles. The van der Waals surface area contributed by atoms with Crippen molar-refractivity contribution in [2.24, 2.45) is 0 Å². The van der Waals surface area contributed by atoms with Crippen molar-refractivity contribution in [3.63, 3.8) is 0 Å². The van der Waals surface area contributed by atoms with Crippen LogP contribution in [0, 0.1) is 0 Å². The molecule has 0 radical (unpaired) electrons. The molecule has 6 rings (SSSR count). The minimum Gasteiger partial charge on any atom is -0.444 e. The highest BCUT2D eigenvalue weighted by molar-refractivity contribution is 7.99. The van der Waals surface area contributed by atoms with E-state index in [2.05, 4.69) is 55.7 Å². The summed E-state index contributed by atoms with van der Waals surface area (Å²) in [5, 5.41) is 9.82. The smallest absolute Gasteiger partial charge is 0.411 e. The van der Waals surface area contributed by atoms with Gasteiger partial charge in [-0.05, 0) is 68.5 Å². The van der Waals surface area contributed by atoms with Crippen LogP contribution in [-0.2, 0) is 28.3 Å². The van der Waals surface area contributed by atoms with Gasteiger partial charge in [0.2, 0.25) is 5.95 Å². The summed E-state index contributed by atoms with van der Waals surface area (Å²) in [6, 6.07) is 14.7. The lowest BCUT2D eigenvalue weighted by atomic mass is 9.86. The Labute approximate surface area is 220 Å². The molecule has 4 heterocycles. The largest absolute Gasteiger partial charge is 0.444 e. The number of carbonyl (C=O) groups excluding carboxylic acids is 1. The number of nitrogens with zero attached hydrogens (tertiary/aromatic N) is 5. The van der Waals surface area contributed by atoms with Gasteiger partial charge in [-0.25, -0.2) is 4.79 Å². The van der Waals surface area contributed by atoms with Crippen LogP contribution in [0.2, 0.25) is 5.02 Å². The quantitative estimate of drug-likeness (QED) is 0.395. The standard InChI is InChI=1S/C27H30ClN5O2S/c1-26(2,3)35-25(34)32-15-19-14-20(28)8-9-22(19)33-23(16-32)29-30-24(33)31-12-10-27(11-13-31)21-7-5-4-6-18(21)17-36-27/h4-9,14H,10-13,15-17H2,1-3H3. The Balaban J connectivity index is 1.32. The maximum Gasteiger partial charge on any atom is 0.411 e. The molecule has 1 amide bonds. The molecule has 0 unspecified atom stereocenters. The molecule has 3 aliphatic heterocycles. The van der Waals surface area contributed by atoms with E-state index in [0.29, 0.717) is 18.1 Å². The van der Waals surface area contributed by atoms with Gasteiger partial charge in [0.15, 0.2) is 5.82 Å². The molecule has 7 nitrogen and oxygen atoms in total. The van der Waals surface area contributed by atoms with Crippen molar-refractivity contribution >= 4 is 35.4 Å². The van der Waals surface area contributed by atoms with Gasteiger partial charge < -0.3 is 9.64 Å². The summed E-state index contributed by atoms with van der Waals surface area (Å²) in [6.45, 7) is 8.13. The van der Waals surface area contributed by atoms with Crippen molar-refractivity contribution in [1.29, 1.82) is 0 Å². The van der Waals surface area contributed by atoms with Gasteiger partial charge in [-0.2, -0.15) is 0 Å². The molecule has 1 saturated heterocycles. The number of piperidine rings is 1. The van der Waals surface area contributed by atoms with Crippen molar-refractivity contribution in [3.05, 3.63) is 70.0 Å². The number of amides is 1. The number of anilines is 1. The number of ether oxygens (including phenoxy) is 1. The van der Waals surface area contributed by atoms with Gasteiger partial charge in [-0.15, -0.1) is 22.0 Å². The fourth-order valence-corrected chi connectivity index (χ4v) is 7.22. The first-order chi connectivity index (χ1) is 17.2. The Bertz CT molecular complexity index is 1330. The number of rotatable bonds is 1. The predicted octanol–water partition coefficient (Wildman–Crippen LogP) is 5.91. The average molecular weight is 524 g/mol. The lowest BCUT2D eigenvalue weighted by molar-refractivity contribution is 0.0214. The molecule has 2 aromatic carbocycles. The van der Waals surface area contributed by atoms with Crippen molar-refractivity contribution in [1.82, 2.24) is 19.7 Å². The van der Waals surface area contributed by atoms with Crippen molar-refractivity contribution in [3.8, 4) is 5.69 Å². The second-order valence-corrected chi connectivity index (χ2v) is 12.6. The molecule has 0 atom stereocenters. The van der Waals surface area contributed by atoms with E-state index in [1.54, 1.807) is 4.90 Å². The lowest BCUT2D eigenvalue weighted by Crippen LogP contribution is -2.41. The third-order valence-corrected chi connectivity index (χ3v) is 9.08. The summed E-state index contributed by atoms with van der Waals surface area (Å²) in [6.07, 6.45) is 1.76. The van der Waals surface area contributed by atoms with Gasteiger partial charge in [0.1, 0.15) is 5.60 Å². The molecule has 188 valence electrons. The first kappa shape index (κ1) is 23.7. The Kier molecular flexibility index (Phi) is 5.72. The minimum absolute atomic E-state index is 0.188. The van der Waals surface area contributed by atoms with Crippen LogP contribution in [0.5, 0.6) is 0 Å². The molecule has 9 heteroatoms. The van der Waals surface area contributed by atoms with Crippen molar-refractivity contribution < 1.29 is 9.53 Å². The number of hydrogen-bond donors (Lipinski definition) is 0. The summed E-state index contributed by atoms with van der Waals surface area (Å²) in [5.41, 5.74) is 4.30. The van der Waals surface area contributed by atoms with Crippen LogP contribution in [0.25, 0.3) is 5.69 Å². The van der Waals surface area contributed by atoms with Crippen LogP contribution >= 0.6 is 23.4 Å². The summed E-state index contributed by atoms with van der Waals surface area (Å²) in [7, 11) is 0. The second-order valence-electron chi connectivity index (χ2n) is 10.8. The van der Waals surface area contributed by atoms with Crippen molar-refractivity contribution in [2.45, 2.75) is 62.8 Å². The minimum atomic E-state index is -0.583. The van der Waals surface area contributed by atoms with Gasteiger partial charge in [-0.1, -0.05) is 35.9 Å². The maximum atomic E-state index is 13.0. The zero-order valence-electron chi connectivity index (χ0n) is 20.8. The number of aromatic nitrogens is 3. The van der Waals surface area contributed by atoms with Gasteiger partial charge in [0.05, 0.1) is 18.8 Å². The van der Waals surface area contributed by atoms with Crippen molar-refractivity contribution in [2.75, 3.05) is 18.0 Å². The van der Waals surface area contributed by atoms with Crippen LogP contribution < -0.4 is 4.90 Å². The number of halogens is 1. The van der Waals surface area contributed by atoms with E-state index in [9.17, 15) is 4.79 Å². The zero-order valence-corrected chi connectivity index (χ0v) is 22.4. The number of hydrogen-bond acceptors (Lipinski definition) is 6. The predicted molar refractivity (Wildman–Crippen MR) is 143 cm³/mol. The van der Waals surface area contributed by atoms with Gasteiger partial charge >= 0.3 is 6.09 Å². The fraction of sp³-hybridized carbons (Fsp3) is 0.444. The van der Waals surface area contributed by atoms with E-state index in [1.807, 2.05) is 39.0 Å². The van der Waals surface area contributed by atoms with Gasteiger partial charge in [0, 0.05) is 28.6 Å². The molecular formula is C27H30ClN5O2S. The Morgan fingerprint density at radius 1 is 1.06 bits per heavy atom. The van der Waals surface area contributed by atoms with Crippen LogP contribution in [0.4, 0.5) is 10.7 Å². The topological polar surface area (TPSA) is 63.5 Å². The molecule has 0 aliphatic carbocycles. The molecule has 36 heavy (non-hydrogen) atoms. The SMILES string of the molecule is CC(C)(C)OC(=O)N1Cc2cc(Cl)ccc2-n2c(nnc2N2CCC3(CC2)SCc2ccccc23)C1. The Morgan fingerprint density at radius 2 is 1.83 bits per heavy atom. The summed E-state index contributed by atoms with van der Waals surface area (Å²) in [5.74, 6) is 2.63. The molecule has 3 aliphatic rings. The number of thioether (sulfide) groups is 1. The second kappa shape index (κ2) is 8.70. The number of benzene rings is 2. The van der Waals surface area contributed by atoms with E-state index in [4.69, 9.17) is 16.3 Å². The molecule has 0 bridgehead atoms.